The third kappa shape index (κ3) is 5.26. The van der Waals surface area contributed by atoms with E-state index in [1.54, 1.807) is 36.7 Å². The number of nitrogens with two attached hydrogens (primary N) is 1. The molecular formula is C27H24N6O2. The molecule has 1 aliphatic rings. The SMILES string of the molecule is N#Cc1cccc(-c2ccc(=O)n(Cc3cccc(-c4ncc(OC[C@H]5C[C@@H]5CN)cn4)c3)n2)c1. The molecule has 4 aromatic rings. The average molecular weight is 465 g/mol. The molecule has 2 aromatic carbocycles. The number of benzene rings is 2. The fourth-order valence-electron chi connectivity index (χ4n) is 3.99. The second kappa shape index (κ2) is 9.87. The fourth-order valence-corrected chi connectivity index (χ4v) is 3.99. The minimum absolute atomic E-state index is 0.208. The summed E-state index contributed by atoms with van der Waals surface area (Å²) in [6.07, 6.45) is 4.48. The molecule has 0 unspecified atom stereocenters. The molecule has 8 heteroatoms. The summed E-state index contributed by atoms with van der Waals surface area (Å²) in [7, 11) is 0. The maximum Gasteiger partial charge on any atom is 0.267 e. The van der Waals surface area contributed by atoms with Crippen LogP contribution in [0.1, 0.15) is 17.5 Å². The van der Waals surface area contributed by atoms with Gasteiger partial charge in [-0.15, -0.1) is 0 Å². The maximum absolute atomic E-state index is 12.5. The highest BCUT2D eigenvalue weighted by Crippen LogP contribution is 2.37. The third-order valence-corrected chi connectivity index (χ3v) is 6.14. The van der Waals surface area contributed by atoms with E-state index in [0.29, 0.717) is 54.4 Å². The number of aromatic nitrogens is 4. The van der Waals surface area contributed by atoms with Crippen LogP contribution in [0.3, 0.4) is 0 Å². The zero-order valence-corrected chi connectivity index (χ0v) is 19.0. The molecule has 1 aliphatic carbocycles. The molecule has 0 bridgehead atoms. The van der Waals surface area contributed by atoms with Crippen LogP contribution in [-0.2, 0) is 6.54 Å². The van der Waals surface area contributed by atoms with Crippen LogP contribution in [0.2, 0.25) is 0 Å². The second-order valence-corrected chi connectivity index (χ2v) is 8.65. The van der Waals surface area contributed by atoms with Gasteiger partial charge in [-0.1, -0.05) is 30.3 Å². The van der Waals surface area contributed by atoms with E-state index < -0.39 is 0 Å². The van der Waals surface area contributed by atoms with E-state index in [0.717, 1.165) is 23.1 Å². The highest BCUT2D eigenvalue weighted by molar-refractivity contribution is 5.60. The van der Waals surface area contributed by atoms with Crippen LogP contribution >= 0.6 is 0 Å². The van der Waals surface area contributed by atoms with Gasteiger partial charge >= 0.3 is 0 Å². The molecule has 2 aromatic heterocycles. The van der Waals surface area contributed by atoms with Gasteiger partial charge in [0.2, 0.25) is 0 Å². The Morgan fingerprint density at radius 2 is 1.83 bits per heavy atom. The molecule has 0 radical (unpaired) electrons. The lowest BCUT2D eigenvalue weighted by atomic mass is 10.1. The molecule has 0 saturated heterocycles. The Bertz CT molecular complexity index is 1440. The summed E-state index contributed by atoms with van der Waals surface area (Å²) in [6.45, 7) is 1.64. The number of hydrogen-bond donors (Lipinski definition) is 1. The fraction of sp³-hybridized carbons (Fsp3) is 0.222. The molecule has 1 saturated carbocycles. The topological polar surface area (TPSA) is 120 Å². The monoisotopic (exact) mass is 464 g/mol. The smallest absolute Gasteiger partial charge is 0.267 e. The van der Waals surface area contributed by atoms with Gasteiger partial charge in [-0.2, -0.15) is 10.4 Å². The number of nitriles is 1. The first-order valence-electron chi connectivity index (χ1n) is 11.5. The van der Waals surface area contributed by atoms with Crippen LogP contribution in [0.15, 0.2) is 77.9 Å². The zero-order valence-electron chi connectivity index (χ0n) is 19.0. The maximum atomic E-state index is 12.5. The van der Waals surface area contributed by atoms with Crippen molar-refractivity contribution in [3.05, 3.63) is 94.5 Å². The first-order chi connectivity index (χ1) is 17.1. The largest absolute Gasteiger partial charge is 0.490 e. The van der Waals surface area contributed by atoms with Crippen LogP contribution in [0.4, 0.5) is 0 Å². The number of nitrogens with zero attached hydrogens (tertiary/aromatic N) is 5. The van der Waals surface area contributed by atoms with Gasteiger partial charge in [0.25, 0.3) is 5.56 Å². The normalized spacial score (nSPS) is 16.5. The summed E-state index contributed by atoms with van der Waals surface area (Å²) >= 11 is 0. The Hall–Kier alpha value is -4.35. The standard InChI is InChI=1S/C27H24N6O2/c28-12-18-3-1-5-20(9-18)25-7-8-26(34)33(32-25)16-19-4-2-6-21(10-19)27-30-14-24(15-31-27)35-17-23-11-22(23)13-29/h1-10,14-15,22-23H,11,13,16-17,29H2/t22-,23-/m1/s1. The minimum atomic E-state index is -0.208. The van der Waals surface area contributed by atoms with Crippen LogP contribution in [0.5, 0.6) is 5.75 Å². The van der Waals surface area contributed by atoms with E-state index in [4.69, 9.17) is 15.7 Å². The molecule has 8 nitrogen and oxygen atoms in total. The second-order valence-electron chi connectivity index (χ2n) is 8.65. The van der Waals surface area contributed by atoms with E-state index in [1.165, 1.54) is 10.7 Å². The molecule has 0 spiro atoms. The highest BCUT2D eigenvalue weighted by atomic mass is 16.5. The summed E-state index contributed by atoms with van der Waals surface area (Å²) in [5, 5.41) is 13.7. The first kappa shape index (κ1) is 22.4. The van der Waals surface area contributed by atoms with E-state index in [1.807, 2.05) is 30.3 Å². The Labute approximate surface area is 202 Å². The zero-order chi connectivity index (χ0) is 24.2. The number of rotatable bonds is 8. The van der Waals surface area contributed by atoms with Crippen molar-refractivity contribution in [1.29, 1.82) is 5.26 Å². The van der Waals surface area contributed by atoms with Gasteiger partial charge in [0.15, 0.2) is 11.6 Å². The molecule has 2 atom stereocenters. The van der Waals surface area contributed by atoms with Crippen molar-refractivity contribution in [2.75, 3.05) is 13.2 Å². The molecule has 5 rings (SSSR count). The Morgan fingerprint density at radius 1 is 1.03 bits per heavy atom. The Balaban J connectivity index is 1.31. The van der Waals surface area contributed by atoms with Crippen molar-refractivity contribution in [1.82, 2.24) is 19.7 Å². The van der Waals surface area contributed by atoms with E-state index >= 15 is 0 Å². The quantitative estimate of drug-likeness (QED) is 0.425. The molecule has 2 heterocycles. The average Bonchev–Trinajstić information content (AvgIpc) is 3.68. The van der Waals surface area contributed by atoms with E-state index in [9.17, 15) is 4.79 Å². The van der Waals surface area contributed by atoms with Crippen LogP contribution in [0.25, 0.3) is 22.6 Å². The van der Waals surface area contributed by atoms with Gasteiger partial charge in [-0.3, -0.25) is 4.79 Å². The summed E-state index contributed by atoms with van der Waals surface area (Å²) in [4.78, 5) is 21.4. The number of ether oxygens (including phenoxy) is 1. The molecular weight excluding hydrogens is 440 g/mol. The minimum Gasteiger partial charge on any atom is -0.490 e. The van der Waals surface area contributed by atoms with Crippen molar-refractivity contribution in [2.45, 2.75) is 13.0 Å². The molecule has 35 heavy (non-hydrogen) atoms. The molecule has 0 aliphatic heterocycles. The van der Waals surface area contributed by atoms with Gasteiger partial charge < -0.3 is 10.5 Å². The first-order valence-corrected chi connectivity index (χ1v) is 11.5. The van der Waals surface area contributed by atoms with Gasteiger partial charge in [0.05, 0.1) is 42.9 Å². The predicted molar refractivity (Wildman–Crippen MR) is 131 cm³/mol. The van der Waals surface area contributed by atoms with Crippen molar-refractivity contribution in [3.8, 4) is 34.5 Å². The summed E-state index contributed by atoms with van der Waals surface area (Å²) in [5.41, 5.74) is 9.15. The van der Waals surface area contributed by atoms with E-state index in [2.05, 4.69) is 21.1 Å². The Morgan fingerprint density at radius 3 is 2.60 bits per heavy atom. The van der Waals surface area contributed by atoms with Gasteiger partial charge in [-0.25, -0.2) is 14.6 Å². The van der Waals surface area contributed by atoms with Crippen molar-refractivity contribution in [2.24, 2.45) is 17.6 Å². The van der Waals surface area contributed by atoms with Crippen LogP contribution < -0.4 is 16.0 Å². The molecule has 2 N–H and O–H groups in total. The van der Waals surface area contributed by atoms with Gasteiger partial charge in [0, 0.05) is 17.2 Å². The summed E-state index contributed by atoms with van der Waals surface area (Å²) < 4.78 is 7.20. The summed E-state index contributed by atoms with van der Waals surface area (Å²) in [5.74, 6) is 2.32. The third-order valence-electron chi connectivity index (χ3n) is 6.14. The van der Waals surface area contributed by atoms with Gasteiger partial charge in [-0.05, 0) is 54.6 Å². The summed E-state index contributed by atoms with van der Waals surface area (Å²) in [6, 6.07) is 20.1. The molecule has 0 amide bonds. The van der Waals surface area contributed by atoms with Crippen LogP contribution in [0, 0.1) is 23.2 Å². The van der Waals surface area contributed by atoms with Crippen LogP contribution in [-0.4, -0.2) is 32.9 Å². The van der Waals surface area contributed by atoms with Crippen molar-refractivity contribution in [3.63, 3.8) is 0 Å². The molecule has 174 valence electrons. The van der Waals surface area contributed by atoms with Crippen molar-refractivity contribution < 1.29 is 4.74 Å². The van der Waals surface area contributed by atoms with Crippen molar-refractivity contribution >= 4 is 0 Å². The lowest BCUT2D eigenvalue weighted by Gasteiger charge is -2.09. The number of hydrogen-bond acceptors (Lipinski definition) is 7. The highest BCUT2D eigenvalue weighted by Gasteiger charge is 2.36. The molecule has 1 fully saturated rings. The van der Waals surface area contributed by atoms with Gasteiger partial charge in [0.1, 0.15) is 0 Å². The lowest BCUT2D eigenvalue weighted by Crippen LogP contribution is -2.22. The predicted octanol–water partition coefficient (Wildman–Crippen LogP) is 3.26. The Kier molecular flexibility index (Phi) is 6.33. The lowest BCUT2D eigenvalue weighted by molar-refractivity contribution is 0.290. The van der Waals surface area contributed by atoms with E-state index in [-0.39, 0.29) is 5.56 Å².